The van der Waals surface area contributed by atoms with Crippen molar-refractivity contribution >= 4 is 11.8 Å². The molecule has 2 amide bonds. The van der Waals surface area contributed by atoms with Gasteiger partial charge in [0, 0.05) is 18.2 Å². The molecule has 1 aromatic carbocycles. The summed E-state index contributed by atoms with van der Waals surface area (Å²) in [5.41, 5.74) is 2.53. The maximum Gasteiger partial charge on any atom is 0.269 e. The molecule has 3 aromatic rings. The number of carbonyl (C=O) groups is 2. The van der Waals surface area contributed by atoms with Gasteiger partial charge in [-0.3, -0.25) is 14.7 Å². The molecule has 4 rings (SSSR count). The summed E-state index contributed by atoms with van der Waals surface area (Å²) in [4.78, 5) is 31.8. The number of amides is 2. The third kappa shape index (κ3) is 6.04. The van der Waals surface area contributed by atoms with Gasteiger partial charge in [-0.15, -0.1) is 0 Å². The van der Waals surface area contributed by atoms with Gasteiger partial charge in [0.1, 0.15) is 11.7 Å². The lowest BCUT2D eigenvalue weighted by Gasteiger charge is -2.18. The van der Waals surface area contributed by atoms with Crippen molar-refractivity contribution in [1.82, 2.24) is 36.1 Å². The number of nitrogens with one attached hydrogen (secondary N) is 5. The van der Waals surface area contributed by atoms with Crippen LogP contribution in [0.4, 0.5) is 0 Å². The lowest BCUT2D eigenvalue weighted by atomic mass is 10.1. The Balaban J connectivity index is 1.21. The van der Waals surface area contributed by atoms with Crippen molar-refractivity contribution in [3.05, 3.63) is 72.1 Å². The van der Waals surface area contributed by atoms with E-state index >= 15 is 0 Å². The van der Waals surface area contributed by atoms with E-state index < -0.39 is 6.04 Å². The minimum absolute atomic E-state index is 0.216. The molecule has 1 saturated carbocycles. The van der Waals surface area contributed by atoms with E-state index in [1.165, 1.54) is 24.5 Å². The van der Waals surface area contributed by atoms with Crippen LogP contribution in [0.5, 0.6) is 0 Å². The predicted octanol–water partition coefficient (Wildman–Crippen LogP) is 1.86. The molecule has 1 fully saturated rings. The molecule has 1 aliphatic carbocycles. The van der Waals surface area contributed by atoms with Crippen molar-refractivity contribution in [2.24, 2.45) is 0 Å². The highest BCUT2D eigenvalue weighted by molar-refractivity contribution is 5.95. The number of H-pyrrole nitrogens is 2. The Morgan fingerprint density at radius 1 is 1.16 bits per heavy atom. The van der Waals surface area contributed by atoms with Crippen molar-refractivity contribution in [1.29, 1.82) is 0 Å². The number of rotatable bonds is 12. The topological polar surface area (TPSA) is 128 Å². The Morgan fingerprint density at radius 2 is 2.03 bits per heavy atom. The molecule has 0 saturated heterocycles. The second kappa shape index (κ2) is 10.7. The van der Waals surface area contributed by atoms with Crippen LogP contribution >= 0.6 is 0 Å². The summed E-state index contributed by atoms with van der Waals surface area (Å²) in [5, 5.41) is 16.0. The molecule has 0 aliphatic heterocycles. The maximum atomic E-state index is 12.7. The summed E-state index contributed by atoms with van der Waals surface area (Å²) in [6.45, 7) is 1.23. The van der Waals surface area contributed by atoms with E-state index in [-0.39, 0.29) is 11.8 Å². The zero-order chi connectivity index (χ0) is 22.2. The van der Waals surface area contributed by atoms with Gasteiger partial charge in [0.15, 0.2) is 0 Å². The largest absolute Gasteiger partial charge is 0.349 e. The molecular weight excluding hydrogens is 406 g/mol. The van der Waals surface area contributed by atoms with E-state index in [0.29, 0.717) is 30.6 Å². The highest BCUT2D eigenvalue weighted by atomic mass is 16.2. The fourth-order valence-corrected chi connectivity index (χ4v) is 3.82. The van der Waals surface area contributed by atoms with E-state index in [0.717, 1.165) is 25.1 Å². The van der Waals surface area contributed by atoms with Gasteiger partial charge in [-0.1, -0.05) is 30.3 Å². The van der Waals surface area contributed by atoms with Crippen LogP contribution in [-0.2, 0) is 11.3 Å². The first-order chi connectivity index (χ1) is 15.7. The number of hydrogen-bond acceptors (Lipinski definition) is 5. The molecule has 3 unspecified atom stereocenters. The molecule has 5 N–H and O–H groups in total. The molecule has 9 heteroatoms. The van der Waals surface area contributed by atoms with Gasteiger partial charge < -0.3 is 20.9 Å². The van der Waals surface area contributed by atoms with E-state index in [1.807, 2.05) is 6.07 Å². The lowest BCUT2D eigenvalue weighted by Crippen LogP contribution is -2.46. The third-order valence-corrected chi connectivity index (χ3v) is 5.72. The molecule has 32 heavy (non-hydrogen) atoms. The van der Waals surface area contributed by atoms with Crippen LogP contribution in [0.1, 0.15) is 53.3 Å². The van der Waals surface area contributed by atoms with Crippen LogP contribution in [0.3, 0.4) is 0 Å². The molecule has 1 aliphatic rings. The van der Waals surface area contributed by atoms with Crippen molar-refractivity contribution in [2.45, 2.75) is 50.2 Å². The number of carbonyl (C=O) groups excluding carboxylic acids is 2. The number of aromatic nitrogens is 4. The Morgan fingerprint density at radius 3 is 2.78 bits per heavy atom. The Hall–Kier alpha value is -3.46. The van der Waals surface area contributed by atoms with Gasteiger partial charge in [0.05, 0.1) is 24.8 Å². The van der Waals surface area contributed by atoms with Crippen LogP contribution < -0.4 is 16.0 Å². The molecule has 0 spiro atoms. The number of benzene rings is 1. The summed E-state index contributed by atoms with van der Waals surface area (Å²) in [7, 11) is 0. The van der Waals surface area contributed by atoms with Gasteiger partial charge >= 0.3 is 0 Å². The zero-order valence-electron chi connectivity index (χ0n) is 17.9. The maximum absolute atomic E-state index is 12.7. The molecule has 168 valence electrons. The molecule has 0 bridgehead atoms. The van der Waals surface area contributed by atoms with Gasteiger partial charge in [-0.2, -0.15) is 5.10 Å². The van der Waals surface area contributed by atoms with E-state index in [9.17, 15) is 9.59 Å². The Bertz CT molecular complexity index is 973. The van der Waals surface area contributed by atoms with Crippen molar-refractivity contribution in [3.63, 3.8) is 0 Å². The van der Waals surface area contributed by atoms with Gasteiger partial charge in [-0.05, 0) is 43.9 Å². The predicted molar refractivity (Wildman–Crippen MR) is 120 cm³/mol. The van der Waals surface area contributed by atoms with Crippen LogP contribution in [0.15, 0.2) is 55.1 Å². The number of imidazole rings is 1. The zero-order valence-corrected chi connectivity index (χ0v) is 17.9. The monoisotopic (exact) mass is 435 g/mol. The number of nitrogens with zero attached hydrogens (tertiary/aromatic N) is 2. The van der Waals surface area contributed by atoms with Crippen molar-refractivity contribution < 1.29 is 9.59 Å². The Kier molecular flexibility index (Phi) is 7.29. The highest BCUT2D eigenvalue weighted by Gasteiger charge is 2.37. The highest BCUT2D eigenvalue weighted by Crippen LogP contribution is 2.40. The first-order valence-corrected chi connectivity index (χ1v) is 11.0. The number of unbranched alkanes of at least 4 members (excludes halogenated alkanes) is 1. The number of aromatic amines is 2. The molecule has 3 atom stereocenters. The fraction of sp³-hybridized carbons (Fsp3) is 0.391. The lowest BCUT2D eigenvalue weighted by molar-refractivity contribution is -0.123. The molecule has 9 nitrogen and oxygen atoms in total. The smallest absolute Gasteiger partial charge is 0.269 e. The van der Waals surface area contributed by atoms with Gasteiger partial charge in [0.25, 0.3) is 5.91 Å². The summed E-state index contributed by atoms with van der Waals surface area (Å²) >= 11 is 0. The van der Waals surface area contributed by atoms with Crippen LogP contribution in [0, 0.1) is 0 Å². The summed E-state index contributed by atoms with van der Waals surface area (Å²) < 4.78 is 0. The normalized spacial score (nSPS) is 18.1. The standard InChI is InChI=1S/C23H29N7O2/c31-22(26-13-17-9-11-28-30-17)19(29-23(32)21-14-24-15-27-21)8-4-5-10-25-20-12-18(20)16-6-2-1-3-7-16/h1-3,6-7,9,11,14-15,18-20,25H,4-5,8,10,12-13H2,(H,24,27)(H,26,31)(H,28,30)(H,29,32). The van der Waals surface area contributed by atoms with E-state index in [4.69, 9.17) is 0 Å². The van der Waals surface area contributed by atoms with Gasteiger partial charge in [0.2, 0.25) is 5.91 Å². The van der Waals surface area contributed by atoms with Crippen molar-refractivity contribution in [2.75, 3.05) is 6.54 Å². The molecular formula is C23H29N7O2. The second-order valence-corrected chi connectivity index (χ2v) is 8.10. The SMILES string of the molecule is O=C(NC(CCCCNC1CC1c1ccccc1)C(=O)NCc1ccn[nH]1)c1cnc[nH]1. The average molecular weight is 436 g/mol. The number of hydrogen-bond donors (Lipinski definition) is 5. The van der Waals surface area contributed by atoms with E-state index in [1.54, 1.807) is 12.3 Å². The summed E-state index contributed by atoms with van der Waals surface area (Å²) in [5.74, 6) is 0.0451. The van der Waals surface area contributed by atoms with E-state index in [2.05, 4.69) is 60.4 Å². The summed E-state index contributed by atoms with van der Waals surface area (Å²) in [6.07, 6.45) is 8.00. The summed E-state index contributed by atoms with van der Waals surface area (Å²) in [6, 6.07) is 12.3. The van der Waals surface area contributed by atoms with Crippen LogP contribution in [0.2, 0.25) is 0 Å². The van der Waals surface area contributed by atoms with Crippen LogP contribution in [0.25, 0.3) is 0 Å². The fourth-order valence-electron chi connectivity index (χ4n) is 3.82. The third-order valence-electron chi connectivity index (χ3n) is 5.72. The molecule has 2 heterocycles. The van der Waals surface area contributed by atoms with Crippen LogP contribution in [-0.4, -0.2) is 50.6 Å². The Labute approximate surface area is 186 Å². The first kappa shape index (κ1) is 21.8. The minimum atomic E-state index is -0.619. The molecule has 2 aromatic heterocycles. The minimum Gasteiger partial charge on any atom is -0.349 e. The first-order valence-electron chi connectivity index (χ1n) is 11.0. The van der Waals surface area contributed by atoms with Gasteiger partial charge in [-0.25, -0.2) is 4.98 Å². The van der Waals surface area contributed by atoms with Crippen molar-refractivity contribution in [3.8, 4) is 0 Å². The average Bonchev–Trinajstić information content (AvgIpc) is 3.20. The quantitative estimate of drug-likeness (QED) is 0.278. The second-order valence-electron chi connectivity index (χ2n) is 8.10. The molecule has 0 radical (unpaired) electrons.